The first-order valence-corrected chi connectivity index (χ1v) is 10.5. The average Bonchev–Trinajstić information content (AvgIpc) is 3.46. The van der Waals surface area contributed by atoms with Crippen LogP contribution in [0.2, 0.25) is 0 Å². The van der Waals surface area contributed by atoms with Crippen LogP contribution in [-0.4, -0.2) is 31.8 Å². The van der Waals surface area contributed by atoms with Gasteiger partial charge in [-0.2, -0.15) is 5.26 Å². The highest BCUT2D eigenvalue weighted by Gasteiger charge is 2.24. The summed E-state index contributed by atoms with van der Waals surface area (Å²) in [5, 5.41) is 9.13. The van der Waals surface area contributed by atoms with Crippen LogP contribution in [0.1, 0.15) is 24.0 Å². The van der Waals surface area contributed by atoms with Crippen molar-refractivity contribution in [3.63, 3.8) is 0 Å². The molecule has 1 atom stereocenters. The van der Waals surface area contributed by atoms with Gasteiger partial charge in [0.1, 0.15) is 5.82 Å². The summed E-state index contributed by atoms with van der Waals surface area (Å²) in [6.45, 7) is 1.44. The van der Waals surface area contributed by atoms with E-state index in [1.807, 2.05) is 34.9 Å². The molecule has 2 aromatic carbocycles. The predicted octanol–water partition coefficient (Wildman–Crippen LogP) is 2.65. The van der Waals surface area contributed by atoms with Crippen LogP contribution < -0.4 is 11.2 Å². The lowest BCUT2D eigenvalue weighted by Gasteiger charge is -2.14. The molecule has 8 nitrogen and oxygen atoms in total. The third-order valence-corrected chi connectivity index (χ3v) is 5.75. The largest absolute Gasteiger partial charge is 0.376 e. The maximum Gasteiger partial charge on any atom is 0.330 e. The molecule has 1 aliphatic rings. The summed E-state index contributed by atoms with van der Waals surface area (Å²) in [6.07, 6.45) is 1.84. The molecule has 1 aliphatic heterocycles. The van der Waals surface area contributed by atoms with Gasteiger partial charge in [0.25, 0.3) is 5.56 Å². The Hall–Kier alpha value is -3.96. The first-order chi connectivity index (χ1) is 15.6. The molecule has 0 spiro atoms. The molecular formula is C24H21N5O3. The zero-order valence-electron chi connectivity index (χ0n) is 17.3. The van der Waals surface area contributed by atoms with Crippen LogP contribution in [0, 0.1) is 11.3 Å². The third-order valence-electron chi connectivity index (χ3n) is 5.75. The monoisotopic (exact) mass is 427 g/mol. The number of imidazole rings is 1. The summed E-state index contributed by atoms with van der Waals surface area (Å²) in [5.74, 6) is 0.568. The summed E-state index contributed by atoms with van der Waals surface area (Å²) in [4.78, 5) is 32.9. The Morgan fingerprint density at radius 1 is 1.09 bits per heavy atom. The van der Waals surface area contributed by atoms with Crippen molar-refractivity contribution in [2.24, 2.45) is 0 Å². The van der Waals surface area contributed by atoms with Crippen LogP contribution in [0.25, 0.3) is 22.6 Å². The van der Waals surface area contributed by atoms with Crippen LogP contribution in [0.4, 0.5) is 0 Å². The second-order valence-corrected chi connectivity index (χ2v) is 7.87. The van der Waals surface area contributed by atoms with Crippen molar-refractivity contribution in [2.45, 2.75) is 32.0 Å². The lowest BCUT2D eigenvalue weighted by atomic mass is 10.1. The predicted molar refractivity (Wildman–Crippen MR) is 119 cm³/mol. The normalized spacial score (nSPS) is 15.8. The summed E-state index contributed by atoms with van der Waals surface area (Å²) in [7, 11) is 0. The fourth-order valence-electron chi connectivity index (χ4n) is 4.17. The van der Waals surface area contributed by atoms with Crippen LogP contribution in [0.15, 0.2) is 64.2 Å². The van der Waals surface area contributed by atoms with Crippen LogP contribution in [0.5, 0.6) is 0 Å². The van der Waals surface area contributed by atoms with E-state index in [1.165, 1.54) is 4.57 Å². The van der Waals surface area contributed by atoms with Crippen LogP contribution in [0.3, 0.4) is 0 Å². The molecule has 0 unspecified atom stereocenters. The van der Waals surface area contributed by atoms with Gasteiger partial charge in [0.05, 0.1) is 30.8 Å². The molecule has 0 radical (unpaired) electrons. The minimum atomic E-state index is -0.500. The number of hydrogen-bond donors (Lipinski definition) is 1. The molecule has 1 fully saturated rings. The highest BCUT2D eigenvalue weighted by atomic mass is 16.5. The molecule has 3 heterocycles. The van der Waals surface area contributed by atoms with Crippen molar-refractivity contribution in [2.75, 3.05) is 6.61 Å². The van der Waals surface area contributed by atoms with Gasteiger partial charge in [-0.15, -0.1) is 0 Å². The topological polar surface area (TPSA) is 106 Å². The number of nitrogens with one attached hydrogen (secondary N) is 1. The third kappa shape index (κ3) is 3.63. The van der Waals surface area contributed by atoms with Crippen molar-refractivity contribution >= 4 is 11.2 Å². The lowest BCUT2D eigenvalue weighted by Crippen LogP contribution is -2.32. The maximum atomic E-state index is 12.9. The molecule has 2 aromatic heterocycles. The second kappa shape index (κ2) is 8.29. The highest BCUT2D eigenvalue weighted by molar-refractivity contribution is 5.77. The Bertz CT molecular complexity index is 1420. The van der Waals surface area contributed by atoms with E-state index in [1.54, 1.807) is 24.3 Å². The van der Waals surface area contributed by atoms with E-state index in [4.69, 9.17) is 15.0 Å². The molecule has 32 heavy (non-hydrogen) atoms. The molecule has 8 heteroatoms. The molecule has 0 saturated carbocycles. The van der Waals surface area contributed by atoms with Crippen molar-refractivity contribution in [3.05, 3.63) is 86.6 Å². The van der Waals surface area contributed by atoms with E-state index in [0.29, 0.717) is 35.7 Å². The minimum absolute atomic E-state index is 0.0292. The molecule has 4 aromatic rings. The van der Waals surface area contributed by atoms with Gasteiger partial charge in [-0.25, -0.2) is 9.78 Å². The van der Waals surface area contributed by atoms with Gasteiger partial charge in [-0.3, -0.25) is 14.3 Å². The molecule has 160 valence electrons. The fraction of sp³-hybridized carbons (Fsp3) is 0.250. The van der Waals surface area contributed by atoms with Crippen molar-refractivity contribution < 1.29 is 4.74 Å². The van der Waals surface area contributed by atoms with Gasteiger partial charge >= 0.3 is 5.69 Å². The summed E-state index contributed by atoms with van der Waals surface area (Å²) < 4.78 is 9.15. The first-order valence-electron chi connectivity index (χ1n) is 10.5. The maximum absolute atomic E-state index is 12.9. The van der Waals surface area contributed by atoms with E-state index < -0.39 is 11.2 Å². The average molecular weight is 427 g/mol. The van der Waals surface area contributed by atoms with Gasteiger partial charge in [-0.05, 0) is 42.7 Å². The number of rotatable bonds is 5. The number of hydrogen-bond acceptors (Lipinski definition) is 5. The Morgan fingerprint density at radius 3 is 2.56 bits per heavy atom. The smallest absolute Gasteiger partial charge is 0.330 e. The lowest BCUT2D eigenvalue weighted by molar-refractivity contribution is 0.0982. The molecule has 0 aliphatic carbocycles. The Morgan fingerprint density at radius 2 is 1.88 bits per heavy atom. The van der Waals surface area contributed by atoms with Crippen molar-refractivity contribution in [1.29, 1.82) is 5.26 Å². The quantitative estimate of drug-likeness (QED) is 0.527. The Balaban J connectivity index is 1.73. The number of nitrogens with zero attached hydrogens (tertiary/aromatic N) is 4. The zero-order chi connectivity index (χ0) is 22.1. The second-order valence-electron chi connectivity index (χ2n) is 7.87. The Labute approximate surface area is 183 Å². The van der Waals surface area contributed by atoms with Gasteiger partial charge in [0.2, 0.25) is 0 Å². The van der Waals surface area contributed by atoms with Crippen molar-refractivity contribution in [3.8, 4) is 17.5 Å². The molecule has 0 bridgehead atoms. The van der Waals surface area contributed by atoms with Gasteiger partial charge < -0.3 is 9.30 Å². The number of nitriles is 1. The highest BCUT2D eigenvalue weighted by Crippen LogP contribution is 2.26. The number of aromatic nitrogens is 4. The van der Waals surface area contributed by atoms with Gasteiger partial charge in [0.15, 0.2) is 11.2 Å². The molecule has 1 N–H and O–H groups in total. The molecule has 1 saturated heterocycles. The number of fused-ring (bicyclic) bond motifs is 1. The summed E-state index contributed by atoms with van der Waals surface area (Å²) >= 11 is 0. The summed E-state index contributed by atoms with van der Waals surface area (Å²) in [6, 6.07) is 18.7. The van der Waals surface area contributed by atoms with Gasteiger partial charge in [0, 0.05) is 12.2 Å². The number of aromatic amines is 1. The van der Waals surface area contributed by atoms with Crippen molar-refractivity contribution in [1.82, 2.24) is 19.1 Å². The van der Waals surface area contributed by atoms with E-state index >= 15 is 0 Å². The summed E-state index contributed by atoms with van der Waals surface area (Å²) in [5.41, 5.74) is 1.93. The van der Waals surface area contributed by atoms with E-state index in [9.17, 15) is 9.59 Å². The first kappa shape index (κ1) is 20.0. The number of benzene rings is 2. The molecule has 0 amide bonds. The van der Waals surface area contributed by atoms with Crippen LogP contribution in [-0.2, 0) is 17.8 Å². The number of ether oxygens (including phenoxy) is 1. The van der Waals surface area contributed by atoms with E-state index in [2.05, 4.69) is 11.1 Å². The SMILES string of the molecule is N#Cc1ccc(-c2nc3c(c(=O)[nH]c(=O)n3Cc3ccccc3)n2C[C@H]2CCCO2)cc1. The van der Waals surface area contributed by atoms with E-state index in [-0.39, 0.29) is 12.6 Å². The number of H-pyrrole nitrogens is 1. The standard InChI is InChI=1S/C24H21N5O3/c25-13-16-8-10-18(11-9-16)21-26-22-20(28(21)15-19-7-4-12-32-19)23(30)27-24(31)29(22)14-17-5-2-1-3-6-17/h1-3,5-6,8-11,19H,4,7,12,14-15H2,(H,27,30,31)/t19-/m1/s1. The van der Waals surface area contributed by atoms with E-state index in [0.717, 1.165) is 24.0 Å². The fourth-order valence-corrected chi connectivity index (χ4v) is 4.17. The Kier molecular flexibility index (Phi) is 5.17. The minimum Gasteiger partial charge on any atom is -0.376 e. The van der Waals surface area contributed by atoms with Gasteiger partial charge in [-0.1, -0.05) is 30.3 Å². The molecular weight excluding hydrogens is 406 g/mol. The molecule has 5 rings (SSSR count). The zero-order valence-corrected chi connectivity index (χ0v) is 17.3. The van der Waals surface area contributed by atoms with Crippen LogP contribution >= 0.6 is 0 Å².